The van der Waals surface area contributed by atoms with E-state index in [1.165, 1.54) is 29.8 Å². The topological polar surface area (TPSA) is 72.7 Å². The number of anilines is 1. The van der Waals surface area contributed by atoms with Gasteiger partial charge in [0.2, 0.25) is 0 Å². The van der Waals surface area contributed by atoms with Crippen LogP contribution in [0.3, 0.4) is 0 Å². The molecule has 2 aromatic heterocycles. The number of nitrogens with one attached hydrogen (secondary N) is 1. The molecule has 0 saturated carbocycles. The third-order valence-corrected chi connectivity index (χ3v) is 3.83. The average Bonchev–Trinajstić information content (AvgIpc) is 2.98. The fraction of sp³-hybridized carbons (Fsp3) is 0.125. The summed E-state index contributed by atoms with van der Waals surface area (Å²) in [7, 11) is 0. The highest BCUT2D eigenvalue weighted by Crippen LogP contribution is 2.28. The van der Waals surface area contributed by atoms with Gasteiger partial charge in [-0.15, -0.1) is 5.10 Å². The highest BCUT2D eigenvalue weighted by Gasteiger charge is 2.32. The van der Waals surface area contributed by atoms with Gasteiger partial charge in [-0.05, 0) is 37.3 Å². The minimum Gasteiger partial charge on any atom is -0.305 e. The van der Waals surface area contributed by atoms with Crippen molar-refractivity contribution in [3.63, 3.8) is 0 Å². The van der Waals surface area contributed by atoms with Crippen molar-refractivity contribution in [2.75, 3.05) is 5.32 Å². The molecule has 0 aliphatic rings. The Bertz CT molecular complexity index is 1020. The van der Waals surface area contributed by atoms with Crippen molar-refractivity contribution >= 4 is 23.3 Å². The van der Waals surface area contributed by atoms with Crippen molar-refractivity contribution in [1.29, 1.82) is 0 Å². The molecule has 0 saturated heterocycles. The van der Waals surface area contributed by atoms with Gasteiger partial charge in [-0.25, -0.2) is 14.1 Å². The Morgan fingerprint density at radius 3 is 2.63 bits per heavy atom. The van der Waals surface area contributed by atoms with Crippen molar-refractivity contribution in [1.82, 2.24) is 20.0 Å². The second-order valence-corrected chi connectivity index (χ2v) is 5.80. The molecule has 0 aliphatic heterocycles. The number of pyridine rings is 1. The highest BCUT2D eigenvalue weighted by atomic mass is 35.5. The van der Waals surface area contributed by atoms with Gasteiger partial charge in [-0.1, -0.05) is 22.9 Å². The van der Waals surface area contributed by atoms with Crippen molar-refractivity contribution in [3.05, 3.63) is 64.3 Å². The van der Waals surface area contributed by atoms with Gasteiger partial charge in [0, 0.05) is 0 Å². The Kier molecular flexibility index (Phi) is 4.83. The number of carbonyl (C=O) groups excluding carboxylic acids is 1. The lowest BCUT2D eigenvalue weighted by atomic mass is 10.2. The quantitative estimate of drug-likeness (QED) is 0.675. The van der Waals surface area contributed by atoms with Gasteiger partial charge in [-0.3, -0.25) is 4.79 Å². The molecule has 3 rings (SSSR count). The molecule has 0 fully saturated rings. The molecule has 140 valence electrons. The van der Waals surface area contributed by atoms with E-state index in [0.717, 1.165) is 18.2 Å². The van der Waals surface area contributed by atoms with E-state index < -0.39 is 23.6 Å². The van der Waals surface area contributed by atoms with Crippen LogP contribution in [0.25, 0.3) is 5.69 Å². The van der Waals surface area contributed by atoms with Crippen LogP contribution >= 0.6 is 11.6 Å². The number of halogens is 5. The number of hydrogen-bond acceptors (Lipinski definition) is 4. The predicted molar refractivity (Wildman–Crippen MR) is 88.3 cm³/mol. The first-order valence-electron chi connectivity index (χ1n) is 7.40. The molecule has 0 aliphatic carbocycles. The molecule has 0 radical (unpaired) electrons. The summed E-state index contributed by atoms with van der Waals surface area (Å²) in [6.07, 6.45) is -4.64. The second kappa shape index (κ2) is 6.95. The number of rotatable bonds is 3. The van der Waals surface area contributed by atoms with Crippen LogP contribution in [-0.4, -0.2) is 25.9 Å². The molecular weight excluding hydrogens is 390 g/mol. The predicted octanol–water partition coefficient (Wildman–Crippen LogP) is 4.03. The highest BCUT2D eigenvalue weighted by molar-refractivity contribution is 6.30. The van der Waals surface area contributed by atoms with Crippen LogP contribution in [0.15, 0.2) is 36.4 Å². The van der Waals surface area contributed by atoms with Gasteiger partial charge in [-0.2, -0.15) is 13.2 Å². The van der Waals surface area contributed by atoms with E-state index in [0.29, 0.717) is 5.69 Å². The first-order chi connectivity index (χ1) is 12.7. The fourth-order valence-corrected chi connectivity index (χ4v) is 2.41. The van der Waals surface area contributed by atoms with Crippen LogP contribution in [-0.2, 0) is 6.18 Å². The fourth-order valence-electron chi connectivity index (χ4n) is 2.24. The maximum atomic E-state index is 13.3. The molecule has 27 heavy (non-hydrogen) atoms. The Labute approximate surface area is 154 Å². The summed E-state index contributed by atoms with van der Waals surface area (Å²) in [5.74, 6) is -1.70. The first-order valence-corrected chi connectivity index (χ1v) is 7.78. The number of amides is 1. The number of hydrogen-bond donors (Lipinski definition) is 1. The lowest BCUT2D eigenvalue weighted by Gasteiger charge is -2.08. The Morgan fingerprint density at radius 1 is 1.22 bits per heavy atom. The molecule has 6 nitrogen and oxygen atoms in total. The standard InChI is InChI=1S/C16H10ClF4N5O/c1-8-14(24-25-26(8)9-5-6-11(18)10(17)7-9)15(27)23-13-4-2-3-12(22-13)16(19,20)21/h2-7H,1H3,(H,22,23,27). The molecule has 1 amide bonds. The van der Waals surface area contributed by atoms with Crippen molar-refractivity contribution in [2.24, 2.45) is 0 Å². The summed E-state index contributed by atoms with van der Waals surface area (Å²) in [4.78, 5) is 15.7. The minimum atomic E-state index is -4.64. The summed E-state index contributed by atoms with van der Waals surface area (Å²) in [5, 5.41) is 9.63. The Hall–Kier alpha value is -3.01. The largest absolute Gasteiger partial charge is 0.433 e. The second-order valence-electron chi connectivity index (χ2n) is 5.39. The molecule has 1 N–H and O–H groups in total. The maximum Gasteiger partial charge on any atom is 0.433 e. The molecule has 0 atom stereocenters. The lowest BCUT2D eigenvalue weighted by Crippen LogP contribution is -2.17. The maximum absolute atomic E-state index is 13.3. The molecule has 3 aromatic rings. The summed E-state index contributed by atoms with van der Waals surface area (Å²) in [6, 6.07) is 6.94. The molecular formula is C16H10ClF4N5O. The average molecular weight is 400 g/mol. The van der Waals surface area contributed by atoms with Crippen LogP contribution < -0.4 is 5.32 Å². The van der Waals surface area contributed by atoms with Crippen LogP contribution in [0.4, 0.5) is 23.4 Å². The van der Waals surface area contributed by atoms with Gasteiger partial charge in [0.25, 0.3) is 5.91 Å². The van der Waals surface area contributed by atoms with Crippen LogP contribution in [0.1, 0.15) is 21.9 Å². The first kappa shape index (κ1) is 18.8. The van der Waals surface area contributed by atoms with E-state index >= 15 is 0 Å². The van der Waals surface area contributed by atoms with Gasteiger partial charge >= 0.3 is 6.18 Å². The van der Waals surface area contributed by atoms with Gasteiger partial charge in [0.15, 0.2) is 5.69 Å². The summed E-state index contributed by atoms with van der Waals surface area (Å²) < 4.78 is 52.6. The zero-order valence-corrected chi connectivity index (χ0v) is 14.3. The number of nitrogens with zero attached hydrogens (tertiary/aromatic N) is 4. The monoisotopic (exact) mass is 399 g/mol. The van der Waals surface area contributed by atoms with E-state index in [-0.39, 0.29) is 22.2 Å². The van der Waals surface area contributed by atoms with Gasteiger partial charge in [0.05, 0.1) is 16.4 Å². The molecule has 11 heteroatoms. The molecule has 0 bridgehead atoms. The molecule has 2 heterocycles. The number of carbonyl (C=O) groups is 1. The van der Waals surface area contributed by atoms with Crippen molar-refractivity contribution in [2.45, 2.75) is 13.1 Å². The Balaban J connectivity index is 1.86. The van der Waals surface area contributed by atoms with Gasteiger partial charge in [0.1, 0.15) is 17.3 Å². The summed E-state index contributed by atoms with van der Waals surface area (Å²) >= 11 is 5.73. The van der Waals surface area contributed by atoms with Crippen LogP contribution in [0, 0.1) is 12.7 Å². The number of alkyl halides is 3. The normalized spacial score (nSPS) is 11.5. The lowest BCUT2D eigenvalue weighted by molar-refractivity contribution is -0.141. The van der Waals surface area contributed by atoms with E-state index in [2.05, 4.69) is 20.6 Å². The van der Waals surface area contributed by atoms with Gasteiger partial charge < -0.3 is 5.32 Å². The van der Waals surface area contributed by atoms with E-state index in [9.17, 15) is 22.4 Å². The Morgan fingerprint density at radius 2 is 1.96 bits per heavy atom. The van der Waals surface area contributed by atoms with Crippen molar-refractivity contribution < 1.29 is 22.4 Å². The SMILES string of the molecule is Cc1c(C(=O)Nc2cccc(C(F)(F)F)n2)nnn1-c1ccc(F)c(Cl)c1. The van der Waals surface area contributed by atoms with E-state index in [4.69, 9.17) is 11.6 Å². The van der Waals surface area contributed by atoms with Crippen molar-refractivity contribution in [3.8, 4) is 5.69 Å². The number of aromatic nitrogens is 4. The molecule has 0 unspecified atom stereocenters. The van der Waals surface area contributed by atoms with Crippen LogP contribution in [0.2, 0.25) is 5.02 Å². The van der Waals surface area contributed by atoms with E-state index in [1.807, 2.05) is 0 Å². The number of benzene rings is 1. The smallest absolute Gasteiger partial charge is 0.305 e. The summed E-state index contributed by atoms with van der Waals surface area (Å²) in [5.41, 5.74) is -0.624. The zero-order chi connectivity index (χ0) is 19.8. The third-order valence-electron chi connectivity index (χ3n) is 3.54. The van der Waals surface area contributed by atoms with E-state index in [1.54, 1.807) is 0 Å². The zero-order valence-electron chi connectivity index (χ0n) is 13.6. The minimum absolute atomic E-state index is 0.130. The van der Waals surface area contributed by atoms with Crippen LogP contribution in [0.5, 0.6) is 0 Å². The molecule has 1 aromatic carbocycles. The third kappa shape index (κ3) is 3.90. The summed E-state index contributed by atoms with van der Waals surface area (Å²) in [6.45, 7) is 1.52. The molecule has 0 spiro atoms.